The third-order valence-corrected chi connectivity index (χ3v) is 4.83. The van der Waals surface area contributed by atoms with Crippen molar-refractivity contribution in [1.82, 2.24) is 10.2 Å². The lowest BCUT2D eigenvalue weighted by atomic mass is 10.0. The summed E-state index contributed by atoms with van der Waals surface area (Å²) in [7, 11) is 0. The monoisotopic (exact) mass is 334 g/mol. The standard InChI is InChI=1S/C16H21F3N2.ClH/c1-11-8-13(16(17,18)19)3-2-12(11)10-21-14-4-5-15(21)9-20-7-6-14;/h2-3,8,14-15,20H,4-7,9-10H2,1H3;1H. The van der Waals surface area contributed by atoms with E-state index in [1.165, 1.54) is 25.0 Å². The molecule has 1 aromatic carbocycles. The van der Waals surface area contributed by atoms with Crippen molar-refractivity contribution in [3.8, 4) is 0 Å². The van der Waals surface area contributed by atoms with Crippen LogP contribution in [0.3, 0.4) is 0 Å². The third kappa shape index (κ3) is 3.58. The van der Waals surface area contributed by atoms with E-state index in [1.54, 1.807) is 13.0 Å². The van der Waals surface area contributed by atoms with Gasteiger partial charge in [0.2, 0.25) is 0 Å². The Morgan fingerprint density at radius 3 is 2.59 bits per heavy atom. The minimum Gasteiger partial charge on any atom is -0.315 e. The van der Waals surface area contributed by atoms with Gasteiger partial charge in [-0.25, -0.2) is 0 Å². The lowest BCUT2D eigenvalue weighted by Crippen LogP contribution is -2.37. The van der Waals surface area contributed by atoms with E-state index in [1.807, 2.05) is 0 Å². The van der Waals surface area contributed by atoms with Crippen LogP contribution in [0, 0.1) is 6.92 Å². The summed E-state index contributed by atoms with van der Waals surface area (Å²) in [5, 5.41) is 3.45. The summed E-state index contributed by atoms with van der Waals surface area (Å²) >= 11 is 0. The van der Waals surface area contributed by atoms with Gasteiger partial charge in [-0.1, -0.05) is 6.07 Å². The van der Waals surface area contributed by atoms with Crippen molar-refractivity contribution < 1.29 is 13.2 Å². The van der Waals surface area contributed by atoms with Crippen molar-refractivity contribution in [1.29, 1.82) is 0 Å². The van der Waals surface area contributed by atoms with Crippen LogP contribution >= 0.6 is 12.4 Å². The molecule has 6 heteroatoms. The van der Waals surface area contributed by atoms with E-state index >= 15 is 0 Å². The summed E-state index contributed by atoms with van der Waals surface area (Å²) in [4.78, 5) is 2.48. The Labute approximate surface area is 135 Å². The van der Waals surface area contributed by atoms with Gasteiger partial charge in [-0.15, -0.1) is 12.4 Å². The minimum absolute atomic E-state index is 0. The number of nitrogens with zero attached hydrogens (tertiary/aromatic N) is 1. The van der Waals surface area contributed by atoms with Crippen LogP contribution in [0.4, 0.5) is 13.2 Å². The molecule has 1 N–H and O–H groups in total. The SMILES string of the molecule is Cc1cc(C(F)(F)F)ccc1CN1C2CCNCC1CC2.Cl. The molecule has 0 saturated carbocycles. The predicted molar refractivity (Wildman–Crippen MR) is 83.3 cm³/mol. The third-order valence-electron chi connectivity index (χ3n) is 4.83. The first-order valence-corrected chi connectivity index (χ1v) is 7.58. The number of alkyl halides is 3. The van der Waals surface area contributed by atoms with Crippen molar-refractivity contribution >= 4 is 12.4 Å². The number of hydrogen-bond acceptors (Lipinski definition) is 2. The molecule has 2 unspecified atom stereocenters. The van der Waals surface area contributed by atoms with Crippen LogP contribution in [0.25, 0.3) is 0 Å². The molecule has 0 aliphatic carbocycles. The fraction of sp³-hybridized carbons (Fsp3) is 0.625. The summed E-state index contributed by atoms with van der Waals surface area (Å²) in [6.07, 6.45) is -0.714. The zero-order valence-electron chi connectivity index (χ0n) is 12.6. The second-order valence-corrected chi connectivity index (χ2v) is 6.19. The quantitative estimate of drug-likeness (QED) is 0.886. The van der Waals surface area contributed by atoms with Gasteiger partial charge in [0.05, 0.1) is 5.56 Å². The van der Waals surface area contributed by atoms with Crippen molar-refractivity contribution in [2.75, 3.05) is 13.1 Å². The normalized spacial score (nSPS) is 25.6. The lowest BCUT2D eigenvalue weighted by Gasteiger charge is -2.28. The fourth-order valence-electron chi connectivity index (χ4n) is 3.59. The van der Waals surface area contributed by atoms with Gasteiger partial charge < -0.3 is 5.32 Å². The van der Waals surface area contributed by atoms with E-state index in [2.05, 4.69) is 10.2 Å². The smallest absolute Gasteiger partial charge is 0.315 e. The molecule has 2 nitrogen and oxygen atoms in total. The Balaban J connectivity index is 0.00000176. The lowest BCUT2D eigenvalue weighted by molar-refractivity contribution is -0.137. The number of nitrogens with one attached hydrogen (secondary N) is 1. The summed E-state index contributed by atoms with van der Waals surface area (Å²) in [5.74, 6) is 0. The van der Waals surface area contributed by atoms with Crippen molar-refractivity contribution in [2.24, 2.45) is 0 Å². The molecule has 22 heavy (non-hydrogen) atoms. The first kappa shape index (κ1) is 17.6. The molecule has 0 radical (unpaired) electrons. The van der Waals surface area contributed by atoms with Crippen molar-refractivity contribution in [2.45, 2.75) is 51.0 Å². The van der Waals surface area contributed by atoms with Gasteiger partial charge in [0, 0.05) is 25.2 Å². The summed E-state index contributed by atoms with van der Waals surface area (Å²) < 4.78 is 38.2. The van der Waals surface area contributed by atoms with Crippen LogP contribution in [-0.4, -0.2) is 30.1 Å². The maximum atomic E-state index is 12.7. The van der Waals surface area contributed by atoms with Crippen LogP contribution < -0.4 is 5.32 Å². The number of hydrogen-bond donors (Lipinski definition) is 1. The van der Waals surface area contributed by atoms with E-state index < -0.39 is 11.7 Å². The first-order chi connectivity index (χ1) is 9.95. The van der Waals surface area contributed by atoms with Crippen LogP contribution in [0.15, 0.2) is 18.2 Å². The average molecular weight is 335 g/mol. The van der Waals surface area contributed by atoms with Crippen molar-refractivity contribution in [3.63, 3.8) is 0 Å². The molecule has 2 atom stereocenters. The second kappa shape index (κ2) is 6.77. The molecule has 3 rings (SSSR count). The maximum absolute atomic E-state index is 12.7. The van der Waals surface area contributed by atoms with E-state index in [0.717, 1.165) is 37.2 Å². The number of fused-ring (bicyclic) bond motifs is 2. The Bertz CT molecular complexity index is 505. The maximum Gasteiger partial charge on any atom is 0.416 e. The number of rotatable bonds is 2. The van der Waals surface area contributed by atoms with Gasteiger partial charge in [0.25, 0.3) is 0 Å². The van der Waals surface area contributed by atoms with Crippen molar-refractivity contribution in [3.05, 3.63) is 34.9 Å². The van der Waals surface area contributed by atoms with Gasteiger partial charge in [0.1, 0.15) is 0 Å². The van der Waals surface area contributed by atoms with Gasteiger partial charge in [-0.05, 0) is 56.0 Å². The summed E-state index contributed by atoms with van der Waals surface area (Å²) in [6.45, 7) is 4.59. The number of aryl methyl sites for hydroxylation is 1. The molecular formula is C16H22ClF3N2. The largest absolute Gasteiger partial charge is 0.416 e. The topological polar surface area (TPSA) is 15.3 Å². The van der Waals surface area contributed by atoms with E-state index in [0.29, 0.717) is 12.1 Å². The van der Waals surface area contributed by atoms with Crippen LogP contribution in [0.5, 0.6) is 0 Å². The second-order valence-electron chi connectivity index (χ2n) is 6.19. The van der Waals surface area contributed by atoms with E-state index in [4.69, 9.17) is 0 Å². The number of halogens is 4. The Hall–Kier alpha value is -0.780. The molecular weight excluding hydrogens is 313 g/mol. The zero-order chi connectivity index (χ0) is 15.0. The molecule has 0 amide bonds. The van der Waals surface area contributed by atoms with Crippen LogP contribution in [-0.2, 0) is 12.7 Å². The molecule has 2 aliphatic rings. The highest BCUT2D eigenvalue weighted by atomic mass is 35.5. The van der Waals surface area contributed by atoms with Crippen LogP contribution in [0.2, 0.25) is 0 Å². The molecule has 1 aromatic rings. The number of benzene rings is 1. The minimum atomic E-state index is -4.26. The van der Waals surface area contributed by atoms with Gasteiger partial charge in [-0.2, -0.15) is 13.2 Å². The molecule has 2 fully saturated rings. The molecule has 2 heterocycles. The van der Waals surface area contributed by atoms with Gasteiger partial charge in [0.15, 0.2) is 0 Å². The summed E-state index contributed by atoms with van der Waals surface area (Å²) in [6, 6.07) is 5.23. The van der Waals surface area contributed by atoms with Gasteiger partial charge in [-0.3, -0.25) is 4.90 Å². The Morgan fingerprint density at radius 2 is 1.91 bits per heavy atom. The fourth-order valence-corrected chi connectivity index (χ4v) is 3.59. The molecule has 124 valence electrons. The molecule has 2 bridgehead atoms. The van der Waals surface area contributed by atoms with Gasteiger partial charge >= 0.3 is 6.18 Å². The van der Waals surface area contributed by atoms with E-state index in [9.17, 15) is 13.2 Å². The highest BCUT2D eigenvalue weighted by Crippen LogP contribution is 2.33. The molecule has 2 saturated heterocycles. The average Bonchev–Trinajstić information content (AvgIpc) is 2.64. The molecule has 0 aromatic heterocycles. The summed E-state index contributed by atoms with van der Waals surface area (Å²) in [5.41, 5.74) is 1.20. The highest BCUT2D eigenvalue weighted by Gasteiger charge is 2.35. The molecule has 2 aliphatic heterocycles. The Kier molecular flexibility index (Phi) is 5.41. The first-order valence-electron chi connectivity index (χ1n) is 7.58. The molecule has 0 spiro atoms. The predicted octanol–water partition coefficient (Wildman–Crippen LogP) is 3.76. The zero-order valence-corrected chi connectivity index (χ0v) is 13.4. The van der Waals surface area contributed by atoms with E-state index in [-0.39, 0.29) is 12.4 Å². The Morgan fingerprint density at radius 1 is 1.18 bits per heavy atom. The van der Waals surface area contributed by atoms with Crippen LogP contribution in [0.1, 0.15) is 36.0 Å². The highest BCUT2D eigenvalue weighted by molar-refractivity contribution is 5.85.